The van der Waals surface area contributed by atoms with E-state index >= 15 is 0 Å². The highest BCUT2D eigenvalue weighted by molar-refractivity contribution is 5.28. The molecule has 1 aliphatic rings. The minimum absolute atomic E-state index is 0.137. The predicted molar refractivity (Wildman–Crippen MR) is 53.7 cm³/mol. The van der Waals surface area contributed by atoms with Crippen molar-refractivity contribution in [3.05, 3.63) is 22.5 Å². The second-order valence-electron chi connectivity index (χ2n) is 3.67. The van der Waals surface area contributed by atoms with Crippen molar-refractivity contribution in [3.8, 4) is 0 Å². The van der Waals surface area contributed by atoms with Gasteiger partial charge in [0.2, 0.25) is 0 Å². The number of halogens is 1. The van der Waals surface area contributed by atoms with E-state index in [9.17, 15) is 9.18 Å². The van der Waals surface area contributed by atoms with Crippen molar-refractivity contribution < 1.29 is 4.39 Å². The standard InChI is InChI=1S/C9H13FN4O/c10-7-5-12-9(15)14(8(7)11)6-13-3-1-2-4-13/h5H,1-4,6,11H2. The molecule has 0 bridgehead atoms. The van der Waals surface area contributed by atoms with Gasteiger partial charge in [0, 0.05) is 0 Å². The molecule has 2 rings (SSSR count). The molecule has 0 saturated carbocycles. The van der Waals surface area contributed by atoms with Gasteiger partial charge >= 0.3 is 5.69 Å². The molecular weight excluding hydrogens is 199 g/mol. The number of nitrogens with two attached hydrogens (primary N) is 1. The molecule has 82 valence electrons. The molecule has 1 aromatic rings. The van der Waals surface area contributed by atoms with Gasteiger partial charge in [-0.25, -0.2) is 9.18 Å². The Labute approximate surface area is 86.3 Å². The lowest BCUT2D eigenvalue weighted by atomic mass is 10.4. The summed E-state index contributed by atoms with van der Waals surface area (Å²) in [7, 11) is 0. The zero-order valence-electron chi connectivity index (χ0n) is 8.32. The van der Waals surface area contributed by atoms with Gasteiger partial charge in [-0.2, -0.15) is 4.98 Å². The van der Waals surface area contributed by atoms with E-state index in [-0.39, 0.29) is 5.82 Å². The van der Waals surface area contributed by atoms with Crippen LogP contribution >= 0.6 is 0 Å². The molecule has 0 amide bonds. The molecule has 6 heteroatoms. The van der Waals surface area contributed by atoms with E-state index in [0.717, 1.165) is 32.1 Å². The third kappa shape index (κ3) is 1.99. The Balaban J connectivity index is 2.26. The molecular formula is C9H13FN4O. The van der Waals surface area contributed by atoms with Gasteiger partial charge < -0.3 is 5.73 Å². The van der Waals surface area contributed by atoms with Crippen molar-refractivity contribution in [1.29, 1.82) is 0 Å². The van der Waals surface area contributed by atoms with Gasteiger partial charge in [-0.15, -0.1) is 0 Å². The fourth-order valence-electron chi connectivity index (χ4n) is 1.74. The number of anilines is 1. The quantitative estimate of drug-likeness (QED) is 0.750. The maximum Gasteiger partial charge on any atom is 0.350 e. The number of nitrogen functional groups attached to an aromatic ring is 1. The maximum absolute atomic E-state index is 13.1. The summed E-state index contributed by atoms with van der Waals surface area (Å²) >= 11 is 0. The molecule has 1 aromatic heterocycles. The first-order valence-electron chi connectivity index (χ1n) is 4.91. The molecule has 1 saturated heterocycles. The van der Waals surface area contributed by atoms with Crippen LogP contribution in [0.15, 0.2) is 11.0 Å². The van der Waals surface area contributed by atoms with Crippen molar-refractivity contribution in [1.82, 2.24) is 14.5 Å². The number of rotatable bonds is 2. The molecule has 0 spiro atoms. The van der Waals surface area contributed by atoms with Crippen LogP contribution < -0.4 is 11.4 Å². The van der Waals surface area contributed by atoms with Gasteiger partial charge in [-0.05, 0) is 25.9 Å². The van der Waals surface area contributed by atoms with E-state index in [1.807, 2.05) is 0 Å². The first-order chi connectivity index (χ1) is 7.18. The van der Waals surface area contributed by atoms with Gasteiger partial charge in [-0.3, -0.25) is 9.47 Å². The highest BCUT2D eigenvalue weighted by Gasteiger charge is 2.15. The summed E-state index contributed by atoms with van der Waals surface area (Å²) in [5.74, 6) is -0.782. The third-order valence-corrected chi connectivity index (χ3v) is 2.59. The topological polar surface area (TPSA) is 64.1 Å². The summed E-state index contributed by atoms with van der Waals surface area (Å²) in [5, 5.41) is 0. The Hall–Kier alpha value is -1.43. The van der Waals surface area contributed by atoms with Crippen LogP contribution in [-0.2, 0) is 6.67 Å². The monoisotopic (exact) mass is 212 g/mol. The molecule has 15 heavy (non-hydrogen) atoms. The largest absolute Gasteiger partial charge is 0.382 e. The van der Waals surface area contributed by atoms with Gasteiger partial charge in [0.05, 0.1) is 12.9 Å². The van der Waals surface area contributed by atoms with E-state index in [1.54, 1.807) is 0 Å². The van der Waals surface area contributed by atoms with Crippen LogP contribution in [0, 0.1) is 5.82 Å². The number of likely N-dealkylation sites (tertiary alicyclic amines) is 1. The highest BCUT2D eigenvalue weighted by atomic mass is 19.1. The minimum Gasteiger partial charge on any atom is -0.382 e. The average molecular weight is 212 g/mol. The molecule has 1 aliphatic heterocycles. The van der Waals surface area contributed by atoms with Crippen LogP contribution in [0.25, 0.3) is 0 Å². The molecule has 5 nitrogen and oxygen atoms in total. The van der Waals surface area contributed by atoms with Crippen molar-refractivity contribution in [3.63, 3.8) is 0 Å². The van der Waals surface area contributed by atoms with E-state index in [4.69, 9.17) is 5.73 Å². The lowest BCUT2D eigenvalue weighted by Gasteiger charge is -2.17. The average Bonchev–Trinajstić information content (AvgIpc) is 2.71. The van der Waals surface area contributed by atoms with Crippen LogP contribution in [-0.4, -0.2) is 27.5 Å². The van der Waals surface area contributed by atoms with Gasteiger partial charge in [-0.1, -0.05) is 0 Å². The van der Waals surface area contributed by atoms with Crippen LogP contribution in [0.5, 0.6) is 0 Å². The molecule has 2 N–H and O–H groups in total. The summed E-state index contributed by atoms with van der Waals surface area (Å²) in [6.45, 7) is 2.17. The van der Waals surface area contributed by atoms with Crippen molar-refractivity contribution in [2.24, 2.45) is 0 Å². The van der Waals surface area contributed by atoms with Crippen molar-refractivity contribution in [2.45, 2.75) is 19.5 Å². The third-order valence-electron chi connectivity index (χ3n) is 2.59. The molecule has 0 radical (unpaired) electrons. The lowest BCUT2D eigenvalue weighted by molar-refractivity contribution is 0.264. The van der Waals surface area contributed by atoms with Crippen LogP contribution in [0.4, 0.5) is 10.2 Å². The zero-order valence-corrected chi connectivity index (χ0v) is 8.32. The van der Waals surface area contributed by atoms with E-state index in [2.05, 4.69) is 9.88 Å². The minimum atomic E-state index is -0.645. The van der Waals surface area contributed by atoms with Crippen LogP contribution in [0.2, 0.25) is 0 Å². The second kappa shape index (κ2) is 3.98. The van der Waals surface area contributed by atoms with E-state index in [1.165, 1.54) is 4.57 Å². The molecule has 1 fully saturated rings. The second-order valence-corrected chi connectivity index (χ2v) is 3.67. The fourth-order valence-corrected chi connectivity index (χ4v) is 1.74. The molecule has 0 aromatic carbocycles. The maximum atomic E-state index is 13.1. The number of aromatic nitrogens is 2. The molecule has 0 unspecified atom stereocenters. The Morgan fingerprint density at radius 2 is 2.13 bits per heavy atom. The molecule has 0 atom stereocenters. The fraction of sp³-hybridized carbons (Fsp3) is 0.556. The predicted octanol–water partition coefficient (Wildman–Crippen LogP) is 0.0179. The highest BCUT2D eigenvalue weighted by Crippen LogP contribution is 2.10. The molecule has 0 aliphatic carbocycles. The Morgan fingerprint density at radius 3 is 2.80 bits per heavy atom. The summed E-state index contributed by atoms with van der Waals surface area (Å²) in [5.41, 5.74) is 4.98. The van der Waals surface area contributed by atoms with Crippen LogP contribution in [0.3, 0.4) is 0 Å². The lowest BCUT2D eigenvalue weighted by Crippen LogP contribution is -2.33. The van der Waals surface area contributed by atoms with Gasteiger partial charge in [0.25, 0.3) is 0 Å². The van der Waals surface area contributed by atoms with E-state index in [0.29, 0.717) is 6.67 Å². The Kier molecular flexibility index (Phi) is 2.68. The number of hydrogen-bond donors (Lipinski definition) is 1. The zero-order chi connectivity index (χ0) is 10.8. The summed E-state index contributed by atoms with van der Waals surface area (Å²) in [4.78, 5) is 16.8. The number of hydrogen-bond acceptors (Lipinski definition) is 4. The first-order valence-corrected chi connectivity index (χ1v) is 4.91. The first kappa shape index (κ1) is 10.1. The summed E-state index contributed by atoms with van der Waals surface area (Å²) in [6.07, 6.45) is 3.08. The number of nitrogens with zero attached hydrogens (tertiary/aromatic N) is 3. The van der Waals surface area contributed by atoms with Crippen molar-refractivity contribution >= 4 is 5.82 Å². The van der Waals surface area contributed by atoms with Gasteiger partial charge in [0.1, 0.15) is 5.82 Å². The molecule has 2 heterocycles. The normalized spacial score (nSPS) is 17.1. The summed E-state index contributed by atoms with van der Waals surface area (Å²) in [6, 6.07) is 0. The summed E-state index contributed by atoms with van der Waals surface area (Å²) < 4.78 is 14.2. The Morgan fingerprint density at radius 1 is 1.47 bits per heavy atom. The smallest absolute Gasteiger partial charge is 0.350 e. The van der Waals surface area contributed by atoms with Crippen molar-refractivity contribution in [2.75, 3.05) is 18.8 Å². The van der Waals surface area contributed by atoms with Crippen LogP contribution in [0.1, 0.15) is 12.8 Å². The van der Waals surface area contributed by atoms with E-state index < -0.39 is 11.5 Å². The van der Waals surface area contributed by atoms with Gasteiger partial charge in [0.15, 0.2) is 5.82 Å². The SMILES string of the molecule is Nc1c(F)cnc(=O)n1CN1CCCC1. The Bertz CT molecular complexity index is 411.